The molecule has 1 aromatic rings. The van der Waals surface area contributed by atoms with Crippen molar-refractivity contribution in [2.24, 2.45) is 0 Å². The van der Waals surface area contributed by atoms with E-state index in [0.717, 1.165) is 10.5 Å². The molecule has 0 spiro atoms. The molecule has 0 amide bonds. The van der Waals surface area contributed by atoms with E-state index in [1.807, 2.05) is 0 Å². The zero-order valence-corrected chi connectivity index (χ0v) is 19.6. The van der Waals surface area contributed by atoms with Crippen molar-refractivity contribution in [3.05, 3.63) is 35.9 Å². The summed E-state index contributed by atoms with van der Waals surface area (Å²) >= 11 is 0. The van der Waals surface area contributed by atoms with Crippen molar-refractivity contribution in [1.82, 2.24) is 0 Å². The summed E-state index contributed by atoms with van der Waals surface area (Å²) in [6, 6.07) is 11.8. The van der Waals surface area contributed by atoms with Crippen molar-refractivity contribution < 1.29 is 21.5 Å². The van der Waals surface area contributed by atoms with E-state index < -0.39 is 0 Å². The highest BCUT2D eigenvalue weighted by molar-refractivity contribution is 5.15. The van der Waals surface area contributed by atoms with Crippen LogP contribution in [0.2, 0.25) is 0 Å². The van der Waals surface area contributed by atoms with Crippen molar-refractivity contribution in [3.63, 3.8) is 0 Å². The van der Waals surface area contributed by atoms with Crippen LogP contribution in [0.1, 0.15) is 90.0 Å². The number of unbranched alkanes of at least 4 members (excludes halogenated alkanes) is 9. The molecule has 0 radical (unpaired) electrons. The van der Waals surface area contributed by atoms with Crippen molar-refractivity contribution in [3.8, 4) is 0 Å². The van der Waals surface area contributed by atoms with Gasteiger partial charge in [-0.1, -0.05) is 95.0 Å². The lowest BCUT2D eigenvalue weighted by atomic mass is 9.97. The van der Waals surface area contributed by atoms with Crippen molar-refractivity contribution in [2.45, 2.75) is 96.9 Å². The fourth-order valence-electron chi connectivity index (χ4n) is 3.71. The summed E-state index contributed by atoms with van der Waals surface area (Å²) in [5, 5.41) is 0. The van der Waals surface area contributed by atoms with Crippen LogP contribution in [0.5, 0.6) is 0 Å². The lowest BCUT2D eigenvalue weighted by Gasteiger charge is -2.37. The SMILES string of the molecule is CCCCCCCCCCCCC(Cc1ccccc1)[N+](C)(C)CC.[Br-]. The average molecular weight is 427 g/mol. The molecule has 0 fully saturated rings. The minimum absolute atomic E-state index is 0. The molecule has 26 heavy (non-hydrogen) atoms. The predicted octanol–water partition coefficient (Wildman–Crippen LogP) is 4.01. The fourth-order valence-corrected chi connectivity index (χ4v) is 3.71. The Morgan fingerprint density at radius 3 is 1.73 bits per heavy atom. The van der Waals surface area contributed by atoms with Crippen LogP contribution < -0.4 is 17.0 Å². The summed E-state index contributed by atoms with van der Waals surface area (Å²) in [6.45, 7) is 5.84. The van der Waals surface area contributed by atoms with E-state index in [-0.39, 0.29) is 17.0 Å². The Labute approximate surface area is 174 Å². The van der Waals surface area contributed by atoms with E-state index in [1.165, 1.54) is 89.2 Å². The summed E-state index contributed by atoms with van der Waals surface area (Å²) in [4.78, 5) is 0. The Bertz CT molecular complexity index is 415. The molecule has 0 aliphatic heterocycles. The van der Waals surface area contributed by atoms with Crippen LogP contribution in [0, 0.1) is 0 Å². The summed E-state index contributed by atoms with van der Waals surface area (Å²) < 4.78 is 1.15. The molecule has 0 aromatic heterocycles. The quantitative estimate of drug-likeness (QED) is 0.294. The number of hydrogen-bond donors (Lipinski definition) is 0. The molecule has 0 bridgehead atoms. The van der Waals surface area contributed by atoms with Gasteiger partial charge in [-0.3, -0.25) is 0 Å². The van der Waals surface area contributed by atoms with Gasteiger partial charge in [0.1, 0.15) is 0 Å². The van der Waals surface area contributed by atoms with Crippen molar-refractivity contribution >= 4 is 0 Å². The first-order chi connectivity index (χ1) is 12.1. The summed E-state index contributed by atoms with van der Waals surface area (Å²) in [6.07, 6.45) is 16.9. The molecule has 1 aromatic carbocycles. The monoisotopic (exact) mass is 425 g/mol. The van der Waals surface area contributed by atoms with Gasteiger partial charge < -0.3 is 21.5 Å². The van der Waals surface area contributed by atoms with E-state index in [2.05, 4.69) is 58.3 Å². The Kier molecular flexibility index (Phi) is 15.5. The van der Waals surface area contributed by atoms with Gasteiger partial charge in [-0.05, 0) is 25.3 Å². The lowest BCUT2D eigenvalue weighted by molar-refractivity contribution is -0.913. The van der Waals surface area contributed by atoms with Gasteiger partial charge in [-0.2, -0.15) is 0 Å². The number of likely N-dealkylation sites (N-methyl/N-ethyl adjacent to an activating group) is 1. The van der Waals surface area contributed by atoms with E-state index in [9.17, 15) is 0 Å². The molecule has 0 N–H and O–H groups in total. The normalized spacial score (nSPS) is 12.6. The second kappa shape index (κ2) is 15.7. The van der Waals surface area contributed by atoms with Gasteiger partial charge in [0.25, 0.3) is 0 Å². The number of rotatable bonds is 15. The highest BCUT2D eigenvalue weighted by atomic mass is 79.9. The zero-order valence-electron chi connectivity index (χ0n) is 18.0. The molecule has 1 nitrogen and oxygen atoms in total. The zero-order chi connectivity index (χ0) is 18.4. The first-order valence-electron chi connectivity index (χ1n) is 11.0. The van der Waals surface area contributed by atoms with Crippen LogP contribution in [0.15, 0.2) is 30.3 Å². The Hall–Kier alpha value is -0.340. The number of quaternary nitrogens is 1. The van der Waals surface area contributed by atoms with Gasteiger partial charge in [0.05, 0.1) is 26.7 Å². The first-order valence-corrected chi connectivity index (χ1v) is 11.0. The molecular weight excluding hydrogens is 382 g/mol. The second-order valence-electron chi connectivity index (χ2n) is 8.41. The minimum Gasteiger partial charge on any atom is -1.00 e. The Morgan fingerprint density at radius 2 is 1.23 bits per heavy atom. The van der Waals surface area contributed by atoms with Crippen LogP contribution >= 0.6 is 0 Å². The molecular formula is C24H44BrN. The standard InChI is InChI=1S/C24H44N.BrH/c1-5-7-8-9-10-11-12-13-14-18-21-24(25(3,4)6-2)22-23-19-16-15-17-20-23;/h15-17,19-20,24H,5-14,18,21-22H2,1-4H3;1H/q+1;/p-1. The minimum atomic E-state index is 0. The molecule has 0 aliphatic carbocycles. The third kappa shape index (κ3) is 11.4. The largest absolute Gasteiger partial charge is 1.00 e. The van der Waals surface area contributed by atoms with E-state index in [0.29, 0.717) is 0 Å². The fraction of sp³-hybridized carbons (Fsp3) is 0.750. The molecule has 1 unspecified atom stereocenters. The van der Waals surface area contributed by atoms with Crippen molar-refractivity contribution in [1.29, 1.82) is 0 Å². The summed E-state index contributed by atoms with van der Waals surface area (Å²) in [5.41, 5.74) is 1.50. The van der Waals surface area contributed by atoms with Gasteiger partial charge in [-0.25, -0.2) is 0 Å². The Morgan fingerprint density at radius 1 is 0.731 bits per heavy atom. The lowest BCUT2D eigenvalue weighted by Crippen LogP contribution is -3.00. The topological polar surface area (TPSA) is 0 Å². The van der Waals surface area contributed by atoms with Gasteiger partial charge in [0.15, 0.2) is 0 Å². The molecule has 2 heteroatoms. The number of nitrogens with zero attached hydrogens (tertiary/aromatic N) is 1. The van der Waals surface area contributed by atoms with Crippen molar-refractivity contribution in [2.75, 3.05) is 20.6 Å². The van der Waals surface area contributed by atoms with Crippen LogP contribution in [0.25, 0.3) is 0 Å². The number of halogens is 1. The molecule has 1 rings (SSSR count). The molecule has 0 saturated carbocycles. The predicted molar refractivity (Wildman–Crippen MR) is 113 cm³/mol. The smallest absolute Gasteiger partial charge is 0.0926 e. The Balaban J connectivity index is 0.00000625. The third-order valence-electron chi connectivity index (χ3n) is 6.01. The maximum absolute atomic E-state index is 2.41. The van der Waals surface area contributed by atoms with Crippen LogP contribution in [0.3, 0.4) is 0 Å². The maximum atomic E-state index is 2.41. The maximum Gasteiger partial charge on any atom is 0.0926 e. The van der Waals surface area contributed by atoms with Crippen LogP contribution in [0.4, 0.5) is 0 Å². The average Bonchev–Trinajstić information content (AvgIpc) is 2.63. The van der Waals surface area contributed by atoms with Gasteiger partial charge in [-0.15, -0.1) is 0 Å². The molecule has 1 atom stereocenters. The molecule has 0 saturated heterocycles. The van der Waals surface area contributed by atoms with Gasteiger partial charge >= 0.3 is 0 Å². The van der Waals surface area contributed by atoms with Gasteiger partial charge in [0, 0.05) is 6.42 Å². The van der Waals surface area contributed by atoms with E-state index in [1.54, 1.807) is 0 Å². The summed E-state index contributed by atoms with van der Waals surface area (Å²) in [7, 11) is 4.81. The number of benzene rings is 1. The molecule has 0 aliphatic rings. The molecule has 0 heterocycles. The van der Waals surface area contributed by atoms with Gasteiger partial charge in [0.2, 0.25) is 0 Å². The first kappa shape index (κ1) is 25.7. The summed E-state index contributed by atoms with van der Waals surface area (Å²) in [5.74, 6) is 0. The highest BCUT2D eigenvalue weighted by Gasteiger charge is 2.26. The van der Waals surface area contributed by atoms with Crippen LogP contribution in [-0.2, 0) is 6.42 Å². The molecule has 152 valence electrons. The number of hydrogen-bond acceptors (Lipinski definition) is 0. The van der Waals surface area contributed by atoms with E-state index in [4.69, 9.17) is 0 Å². The highest BCUT2D eigenvalue weighted by Crippen LogP contribution is 2.20. The second-order valence-corrected chi connectivity index (χ2v) is 8.41. The third-order valence-corrected chi connectivity index (χ3v) is 6.01. The van der Waals surface area contributed by atoms with Crippen LogP contribution in [-0.4, -0.2) is 31.2 Å². The van der Waals surface area contributed by atoms with E-state index >= 15 is 0 Å².